The Labute approximate surface area is 227 Å². The number of carbonyl (C=O) groups is 1. The van der Waals surface area contributed by atoms with Crippen molar-refractivity contribution in [1.82, 2.24) is 9.99 Å². The standard InChI is InChI=1S/C28H27ClN4O4S/c1-20-17-22(21(2)33(20)24-15-13-23(29)14-16-24)18-30-31-28(34)19-32(26-11-7-8-12-27(26)37-3)38(35,36)25-9-5-4-6-10-25/h4-18H,19H2,1-3H3,(H,31,34)/b30-18+. The molecule has 0 atom stereocenters. The van der Waals surface area contributed by atoms with E-state index in [1.165, 1.54) is 25.5 Å². The molecule has 0 unspecified atom stereocenters. The van der Waals surface area contributed by atoms with Gasteiger partial charge in [-0.25, -0.2) is 13.8 Å². The second-order valence-corrected chi connectivity index (χ2v) is 10.7. The average molecular weight is 551 g/mol. The summed E-state index contributed by atoms with van der Waals surface area (Å²) < 4.78 is 35.5. The molecule has 8 nitrogen and oxygen atoms in total. The monoisotopic (exact) mass is 550 g/mol. The van der Waals surface area contributed by atoms with E-state index >= 15 is 0 Å². The molecule has 0 saturated carbocycles. The Hall–Kier alpha value is -4.08. The SMILES string of the molecule is COc1ccccc1N(CC(=O)N/N=C/c1cc(C)n(-c2ccc(Cl)cc2)c1C)S(=O)(=O)c1ccccc1. The molecule has 0 fully saturated rings. The second kappa shape index (κ2) is 11.5. The van der Waals surface area contributed by atoms with E-state index < -0.39 is 22.5 Å². The van der Waals surface area contributed by atoms with Crippen molar-refractivity contribution in [2.24, 2.45) is 5.10 Å². The van der Waals surface area contributed by atoms with E-state index in [1.54, 1.807) is 42.5 Å². The lowest BCUT2D eigenvalue weighted by molar-refractivity contribution is -0.119. The smallest absolute Gasteiger partial charge is 0.264 e. The zero-order valence-electron chi connectivity index (χ0n) is 21.1. The number of para-hydroxylation sites is 2. The lowest BCUT2D eigenvalue weighted by Crippen LogP contribution is -2.39. The summed E-state index contributed by atoms with van der Waals surface area (Å²) in [5.74, 6) is -0.295. The van der Waals surface area contributed by atoms with E-state index in [2.05, 4.69) is 15.1 Å². The van der Waals surface area contributed by atoms with Gasteiger partial charge in [0.25, 0.3) is 15.9 Å². The number of aromatic nitrogens is 1. The Kier molecular flexibility index (Phi) is 8.19. The van der Waals surface area contributed by atoms with Gasteiger partial charge in [-0.1, -0.05) is 41.9 Å². The number of hydrazone groups is 1. The van der Waals surface area contributed by atoms with Crippen LogP contribution in [0.5, 0.6) is 5.75 Å². The van der Waals surface area contributed by atoms with Crippen LogP contribution in [0.25, 0.3) is 5.69 Å². The first-order chi connectivity index (χ1) is 18.2. The number of amides is 1. The summed E-state index contributed by atoms with van der Waals surface area (Å²) in [6.45, 7) is 3.41. The Balaban J connectivity index is 1.57. The zero-order valence-corrected chi connectivity index (χ0v) is 22.7. The summed E-state index contributed by atoms with van der Waals surface area (Å²) in [5.41, 5.74) is 6.35. The number of hydrogen-bond donors (Lipinski definition) is 1. The number of hydrogen-bond acceptors (Lipinski definition) is 5. The topological polar surface area (TPSA) is 93.0 Å². The van der Waals surface area contributed by atoms with Crippen molar-refractivity contribution < 1.29 is 17.9 Å². The molecule has 1 heterocycles. The lowest BCUT2D eigenvalue weighted by Gasteiger charge is -2.25. The van der Waals surface area contributed by atoms with Crippen molar-refractivity contribution in [3.05, 3.63) is 107 Å². The van der Waals surface area contributed by atoms with Crippen LogP contribution in [0.3, 0.4) is 0 Å². The summed E-state index contributed by atoms with van der Waals surface area (Å²) in [6.07, 6.45) is 1.53. The van der Waals surface area contributed by atoms with Crippen LogP contribution in [0.4, 0.5) is 5.69 Å². The number of aryl methyl sites for hydroxylation is 1. The zero-order chi connectivity index (χ0) is 27.3. The molecule has 196 valence electrons. The number of benzene rings is 3. The highest BCUT2D eigenvalue weighted by atomic mass is 35.5. The Morgan fingerprint density at radius 2 is 1.68 bits per heavy atom. The molecule has 0 radical (unpaired) electrons. The summed E-state index contributed by atoms with van der Waals surface area (Å²) in [4.78, 5) is 13.0. The van der Waals surface area contributed by atoms with Crippen LogP contribution in [0.2, 0.25) is 5.02 Å². The Morgan fingerprint density at radius 3 is 2.37 bits per heavy atom. The van der Waals surface area contributed by atoms with Crippen molar-refractivity contribution in [1.29, 1.82) is 0 Å². The molecule has 38 heavy (non-hydrogen) atoms. The molecule has 0 spiro atoms. The molecule has 1 N–H and O–H groups in total. The molecule has 4 rings (SSSR count). The maximum Gasteiger partial charge on any atom is 0.264 e. The Morgan fingerprint density at radius 1 is 1.03 bits per heavy atom. The molecule has 1 amide bonds. The number of rotatable bonds is 9. The van der Waals surface area contributed by atoms with Crippen LogP contribution >= 0.6 is 11.6 Å². The average Bonchev–Trinajstić information content (AvgIpc) is 3.20. The minimum absolute atomic E-state index is 0.0526. The van der Waals surface area contributed by atoms with Gasteiger partial charge in [-0.2, -0.15) is 5.10 Å². The van der Waals surface area contributed by atoms with Crippen molar-refractivity contribution in [3.63, 3.8) is 0 Å². The van der Waals surface area contributed by atoms with Crippen LogP contribution < -0.4 is 14.5 Å². The predicted molar refractivity (Wildman–Crippen MR) is 150 cm³/mol. The lowest BCUT2D eigenvalue weighted by atomic mass is 10.2. The fourth-order valence-electron chi connectivity index (χ4n) is 4.10. The number of anilines is 1. The summed E-state index contributed by atoms with van der Waals surface area (Å²) in [7, 11) is -2.63. The van der Waals surface area contributed by atoms with Crippen LogP contribution in [-0.2, 0) is 14.8 Å². The van der Waals surface area contributed by atoms with E-state index in [0.717, 1.165) is 26.9 Å². The first-order valence-electron chi connectivity index (χ1n) is 11.7. The number of methoxy groups -OCH3 is 1. The van der Waals surface area contributed by atoms with Gasteiger partial charge in [0, 0.05) is 27.7 Å². The number of ether oxygens (including phenoxy) is 1. The maximum atomic E-state index is 13.5. The third-order valence-electron chi connectivity index (χ3n) is 5.92. The van der Waals surface area contributed by atoms with Gasteiger partial charge in [0.15, 0.2) is 0 Å². The molecule has 0 saturated heterocycles. The summed E-state index contributed by atoms with van der Waals surface area (Å²) >= 11 is 6.02. The van der Waals surface area contributed by atoms with E-state index in [0.29, 0.717) is 10.8 Å². The Bertz CT molecular complexity index is 1570. The molecular formula is C28H27ClN4O4S. The first kappa shape index (κ1) is 27.0. The summed E-state index contributed by atoms with van der Waals surface area (Å²) in [6, 6.07) is 24.0. The van der Waals surface area contributed by atoms with Crippen LogP contribution in [0.1, 0.15) is 17.0 Å². The van der Waals surface area contributed by atoms with Crippen LogP contribution in [-0.4, -0.2) is 38.8 Å². The van der Waals surface area contributed by atoms with Gasteiger partial charge in [0.2, 0.25) is 0 Å². The van der Waals surface area contributed by atoms with E-state index in [9.17, 15) is 13.2 Å². The van der Waals surface area contributed by atoms with Gasteiger partial charge < -0.3 is 9.30 Å². The molecule has 0 aliphatic heterocycles. The quantitative estimate of drug-likeness (QED) is 0.232. The van der Waals surface area contributed by atoms with Gasteiger partial charge >= 0.3 is 0 Å². The van der Waals surface area contributed by atoms with E-state index in [-0.39, 0.29) is 10.6 Å². The van der Waals surface area contributed by atoms with Crippen LogP contribution in [0, 0.1) is 13.8 Å². The molecule has 0 aliphatic rings. The molecule has 0 bridgehead atoms. The minimum Gasteiger partial charge on any atom is -0.495 e. The third kappa shape index (κ3) is 5.74. The predicted octanol–water partition coefficient (Wildman–Crippen LogP) is 5.10. The molecule has 0 aliphatic carbocycles. The highest BCUT2D eigenvalue weighted by molar-refractivity contribution is 7.92. The van der Waals surface area contributed by atoms with Gasteiger partial charge in [-0.3, -0.25) is 9.10 Å². The van der Waals surface area contributed by atoms with Gasteiger partial charge in [-0.05, 0) is 68.4 Å². The number of nitrogens with one attached hydrogen (secondary N) is 1. The number of sulfonamides is 1. The van der Waals surface area contributed by atoms with E-state index in [1.807, 2.05) is 44.2 Å². The second-order valence-electron chi connectivity index (χ2n) is 8.43. The van der Waals surface area contributed by atoms with Gasteiger partial charge in [-0.15, -0.1) is 0 Å². The maximum absolute atomic E-state index is 13.5. The van der Waals surface area contributed by atoms with Gasteiger partial charge in [0.1, 0.15) is 12.3 Å². The molecule has 10 heteroatoms. The fraction of sp³-hybridized carbons (Fsp3) is 0.143. The molecular weight excluding hydrogens is 524 g/mol. The largest absolute Gasteiger partial charge is 0.495 e. The fourth-order valence-corrected chi connectivity index (χ4v) is 5.68. The summed E-state index contributed by atoms with van der Waals surface area (Å²) in [5, 5.41) is 4.75. The highest BCUT2D eigenvalue weighted by Gasteiger charge is 2.29. The first-order valence-corrected chi connectivity index (χ1v) is 13.5. The number of nitrogens with zero attached hydrogens (tertiary/aromatic N) is 3. The van der Waals surface area contributed by atoms with Crippen molar-refractivity contribution in [3.8, 4) is 11.4 Å². The normalized spacial score (nSPS) is 11.5. The third-order valence-corrected chi connectivity index (χ3v) is 7.95. The minimum atomic E-state index is -4.07. The highest BCUT2D eigenvalue weighted by Crippen LogP contribution is 2.32. The van der Waals surface area contributed by atoms with Gasteiger partial charge in [0.05, 0.1) is 23.9 Å². The number of carbonyl (C=O) groups excluding carboxylic acids is 1. The van der Waals surface area contributed by atoms with Crippen LogP contribution in [0.15, 0.2) is 94.9 Å². The number of halogens is 1. The van der Waals surface area contributed by atoms with Crippen molar-refractivity contribution >= 4 is 39.4 Å². The van der Waals surface area contributed by atoms with Crippen molar-refractivity contribution in [2.75, 3.05) is 18.0 Å². The van der Waals surface area contributed by atoms with E-state index in [4.69, 9.17) is 16.3 Å². The van der Waals surface area contributed by atoms with Crippen molar-refractivity contribution in [2.45, 2.75) is 18.7 Å². The molecule has 4 aromatic rings. The molecule has 3 aromatic carbocycles. The molecule has 1 aromatic heterocycles.